The SMILES string of the molecule is N=C(N)c1cccc(-c2cccc([C@H](CCCNc3ccncc3)C(=O)O)c2)c1. The molecule has 3 rings (SSSR count). The van der Waals surface area contributed by atoms with Gasteiger partial charge in [0.25, 0.3) is 0 Å². The minimum atomic E-state index is -0.830. The molecule has 0 aliphatic rings. The van der Waals surface area contributed by atoms with Crippen LogP contribution in [0.25, 0.3) is 11.1 Å². The van der Waals surface area contributed by atoms with Crippen molar-refractivity contribution in [3.63, 3.8) is 0 Å². The van der Waals surface area contributed by atoms with Crippen LogP contribution in [-0.2, 0) is 4.79 Å². The molecule has 29 heavy (non-hydrogen) atoms. The monoisotopic (exact) mass is 388 g/mol. The summed E-state index contributed by atoms with van der Waals surface area (Å²) >= 11 is 0. The predicted molar refractivity (Wildman–Crippen MR) is 115 cm³/mol. The summed E-state index contributed by atoms with van der Waals surface area (Å²) in [5.74, 6) is -1.40. The molecule has 0 spiro atoms. The Kier molecular flexibility index (Phi) is 6.58. The molecule has 1 heterocycles. The fourth-order valence-electron chi connectivity index (χ4n) is 3.24. The molecule has 0 radical (unpaired) electrons. The van der Waals surface area contributed by atoms with Crippen molar-refractivity contribution in [3.05, 3.63) is 84.2 Å². The molecule has 0 unspecified atom stereocenters. The van der Waals surface area contributed by atoms with Gasteiger partial charge in [0.2, 0.25) is 0 Å². The lowest BCUT2D eigenvalue weighted by Crippen LogP contribution is -2.14. The lowest BCUT2D eigenvalue weighted by molar-refractivity contribution is -0.139. The van der Waals surface area contributed by atoms with Gasteiger partial charge in [0.05, 0.1) is 5.92 Å². The third-order valence-electron chi connectivity index (χ3n) is 4.77. The number of nitrogens with two attached hydrogens (primary N) is 1. The molecule has 2 aromatic carbocycles. The van der Waals surface area contributed by atoms with E-state index in [2.05, 4.69) is 10.3 Å². The minimum Gasteiger partial charge on any atom is -0.481 e. The molecule has 0 amide bonds. The zero-order chi connectivity index (χ0) is 20.6. The van der Waals surface area contributed by atoms with Gasteiger partial charge in [-0.3, -0.25) is 15.2 Å². The van der Waals surface area contributed by atoms with Crippen molar-refractivity contribution >= 4 is 17.5 Å². The summed E-state index contributed by atoms with van der Waals surface area (Å²) in [5.41, 5.74) is 9.78. The molecule has 0 fully saturated rings. The van der Waals surface area contributed by atoms with Gasteiger partial charge in [-0.2, -0.15) is 0 Å². The van der Waals surface area contributed by atoms with Crippen LogP contribution in [0.3, 0.4) is 0 Å². The maximum Gasteiger partial charge on any atom is 0.310 e. The number of aliphatic carboxylic acids is 1. The van der Waals surface area contributed by atoms with Crippen molar-refractivity contribution < 1.29 is 9.90 Å². The highest BCUT2D eigenvalue weighted by Crippen LogP contribution is 2.27. The van der Waals surface area contributed by atoms with E-state index in [1.807, 2.05) is 54.6 Å². The van der Waals surface area contributed by atoms with Crippen LogP contribution >= 0.6 is 0 Å². The van der Waals surface area contributed by atoms with Crippen molar-refractivity contribution in [2.45, 2.75) is 18.8 Å². The van der Waals surface area contributed by atoms with Gasteiger partial charge in [-0.05, 0) is 47.7 Å². The number of pyridine rings is 1. The maximum atomic E-state index is 11.9. The van der Waals surface area contributed by atoms with E-state index < -0.39 is 11.9 Å². The first kappa shape index (κ1) is 20.1. The van der Waals surface area contributed by atoms with Gasteiger partial charge in [-0.1, -0.05) is 42.5 Å². The van der Waals surface area contributed by atoms with Crippen molar-refractivity contribution in [2.75, 3.05) is 11.9 Å². The highest BCUT2D eigenvalue weighted by molar-refractivity contribution is 5.96. The summed E-state index contributed by atoms with van der Waals surface area (Å²) < 4.78 is 0. The summed E-state index contributed by atoms with van der Waals surface area (Å²) in [7, 11) is 0. The first-order valence-electron chi connectivity index (χ1n) is 9.46. The van der Waals surface area contributed by atoms with Crippen molar-refractivity contribution in [1.82, 2.24) is 4.98 Å². The van der Waals surface area contributed by atoms with E-state index in [4.69, 9.17) is 11.1 Å². The fraction of sp³-hybridized carbons (Fsp3) is 0.174. The number of carboxylic acids is 1. The van der Waals surface area contributed by atoms with Crippen LogP contribution in [0.5, 0.6) is 0 Å². The second kappa shape index (κ2) is 9.50. The molecule has 0 saturated heterocycles. The topological polar surface area (TPSA) is 112 Å². The Bertz CT molecular complexity index is 989. The molecule has 3 aromatic rings. The second-order valence-electron chi connectivity index (χ2n) is 6.82. The molecule has 1 aromatic heterocycles. The number of carboxylic acid groups (broad SMARTS) is 1. The Morgan fingerprint density at radius 1 is 1.07 bits per heavy atom. The number of anilines is 1. The summed E-state index contributed by atoms with van der Waals surface area (Å²) in [6.07, 6.45) is 4.69. The lowest BCUT2D eigenvalue weighted by Gasteiger charge is -2.15. The van der Waals surface area contributed by atoms with E-state index >= 15 is 0 Å². The third-order valence-corrected chi connectivity index (χ3v) is 4.77. The average Bonchev–Trinajstić information content (AvgIpc) is 2.74. The van der Waals surface area contributed by atoms with E-state index in [0.717, 1.165) is 28.8 Å². The normalized spacial score (nSPS) is 11.6. The number of aromatic nitrogens is 1. The number of nitrogens with one attached hydrogen (secondary N) is 2. The molecule has 0 aliphatic carbocycles. The zero-order valence-corrected chi connectivity index (χ0v) is 16.0. The number of hydrogen-bond acceptors (Lipinski definition) is 4. The Morgan fingerprint density at radius 2 is 1.76 bits per heavy atom. The van der Waals surface area contributed by atoms with Gasteiger partial charge >= 0.3 is 5.97 Å². The molecule has 0 aliphatic heterocycles. The van der Waals surface area contributed by atoms with Crippen molar-refractivity contribution in [2.24, 2.45) is 5.73 Å². The number of rotatable bonds is 9. The van der Waals surface area contributed by atoms with Crippen LogP contribution in [0.2, 0.25) is 0 Å². The number of hydrogen-bond donors (Lipinski definition) is 4. The molecule has 148 valence electrons. The standard InChI is InChI=1S/C23H24N4O2/c24-22(25)19-7-2-5-17(15-19)16-4-1-6-18(14-16)21(23(28)29)8-3-11-27-20-9-12-26-13-10-20/h1-2,4-7,9-10,12-15,21H,3,8,11H2,(H3,24,25)(H,26,27)(H,28,29)/t21-/m0/s1. The van der Waals surface area contributed by atoms with Gasteiger partial charge in [0.1, 0.15) is 5.84 Å². The van der Waals surface area contributed by atoms with Crippen molar-refractivity contribution in [1.29, 1.82) is 5.41 Å². The quantitative estimate of drug-likeness (QED) is 0.250. The first-order valence-corrected chi connectivity index (χ1v) is 9.46. The van der Waals surface area contributed by atoms with Gasteiger partial charge in [-0.15, -0.1) is 0 Å². The summed E-state index contributed by atoms with van der Waals surface area (Å²) in [5, 5.41) is 20.6. The maximum absolute atomic E-state index is 11.9. The molecule has 0 bridgehead atoms. The Hall–Kier alpha value is -3.67. The van der Waals surface area contributed by atoms with E-state index in [0.29, 0.717) is 18.5 Å². The van der Waals surface area contributed by atoms with Crippen LogP contribution in [-0.4, -0.2) is 28.4 Å². The largest absolute Gasteiger partial charge is 0.481 e. The zero-order valence-electron chi connectivity index (χ0n) is 16.0. The van der Waals surface area contributed by atoms with Crippen LogP contribution in [0.4, 0.5) is 5.69 Å². The van der Waals surface area contributed by atoms with Gasteiger partial charge in [0, 0.05) is 30.2 Å². The second-order valence-corrected chi connectivity index (χ2v) is 6.82. The highest BCUT2D eigenvalue weighted by atomic mass is 16.4. The first-order chi connectivity index (χ1) is 14.0. The Morgan fingerprint density at radius 3 is 2.45 bits per heavy atom. The number of carbonyl (C=O) groups is 1. The number of benzene rings is 2. The van der Waals surface area contributed by atoms with E-state index in [1.54, 1.807) is 18.5 Å². The van der Waals surface area contributed by atoms with Gasteiger partial charge < -0.3 is 16.2 Å². The van der Waals surface area contributed by atoms with E-state index in [-0.39, 0.29) is 5.84 Å². The predicted octanol–water partition coefficient (Wildman–Crippen LogP) is 4.09. The lowest BCUT2D eigenvalue weighted by atomic mass is 9.91. The van der Waals surface area contributed by atoms with E-state index in [9.17, 15) is 9.90 Å². The third kappa shape index (κ3) is 5.42. The highest BCUT2D eigenvalue weighted by Gasteiger charge is 2.20. The van der Waals surface area contributed by atoms with Gasteiger partial charge in [0.15, 0.2) is 0 Å². The summed E-state index contributed by atoms with van der Waals surface area (Å²) in [6.45, 7) is 0.689. The average molecular weight is 388 g/mol. The van der Waals surface area contributed by atoms with Crippen molar-refractivity contribution in [3.8, 4) is 11.1 Å². The molecule has 5 N–H and O–H groups in total. The van der Waals surface area contributed by atoms with E-state index in [1.165, 1.54) is 0 Å². The summed E-state index contributed by atoms with van der Waals surface area (Å²) in [4.78, 5) is 15.9. The summed E-state index contributed by atoms with van der Waals surface area (Å²) in [6, 6.07) is 18.7. The molecule has 6 heteroatoms. The molecular weight excluding hydrogens is 364 g/mol. The molecule has 0 saturated carbocycles. The van der Waals surface area contributed by atoms with Crippen LogP contribution in [0.15, 0.2) is 73.1 Å². The number of nitrogens with zero attached hydrogens (tertiary/aromatic N) is 1. The number of amidine groups is 1. The van der Waals surface area contributed by atoms with Crippen LogP contribution in [0.1, 0.15) is 29.9 Å². The van der Waals surface area contributed by atoms with Gasteiger partial charge in [-0.25, -0.2) is 0 Å². The smallest absolute Gasteiger partial charge is 0.310 e. The molecular formula is C23H24N4O2. The Balaban J connectivity index is 1.71. The minimum absolute atomic E-state index is 0.00751. The van der Waals surface area contributed by atoms with Crippen LogP contribution < -0.4 is 11.1 Å². The molecule has 6 nitrogen and oxygen atoms in total. The van der Waals surface area contributed by atoms with Crippen LogP contribution in [0, 0.1) is 5.41 Å². The Labute approximate surface area is 169 Å². The number of nitrogen functional groups attached to an aromatic ring is 1. The fourth-order valence-corrected chi connectivity index (χ4v) is 3.24. The molecule has 1 atom stereocenters.